The van der Waals surface area contributed by atoms with Gasteiger partial charge in [0, 0.05) is 13.1 Å². The lowest BCUT2D eigenvalue weighted by Crippen LogP contribution is -2.38. The minimum Gasteiger partial charge on any atom is -0.378 e. The molecule has 1 saturated heterocycles. The largest absolute Gasteiger partial charge is 0.378 e. The Kier molecular flexibility index (Phi) is 4.87. The second-order valence-electron chi connectivity index (χ2n) is 6.06. The van der Waals surface area contributed by atoms with Crippen molar-refractivity contribution in [1.29, 1.82) is 0 Å². The number of anilines is 2. The highest BCUT2D eigenvalue weighted by molar-refractivity contribution is 6.34. The maximum absolute atomic E-state index is 13.3. The number of rotatable bonds is 3. The molecule has 2 heterocycles. The third-order valence-corrected chi connectivity index (χ3v) is 4.57. The number of halogens is 2. The van der Waals surface area contributed by atoms with Crippen LogP contribution in [0.2, 0.25) is 5.02 Å². The number of para-hydroxylation sites is 2. The van der Waals surface area contributed by atoms with Crippen molar-refractivity contribution in [3.63, 3.8) is 0 Å². The summed E-state index contributed by atoms with van der Waals surface area (Å²) in [7, 11) is 0. The highest BCUT2D eigenvalue weighted by Gasteiger charge is 2.23. The van der Waals surface area contributed by atoms with Gasteiger partial charge >= 0.3 is 0 Å². The minimum atomic E-state index is -0.475. The molecular formula is C19H16ClFN4O2. The van der Waals surface area contributed by atoms with Crippen molar-refractivity contribution in [3.05, 3.63) is 59.0 Å². The van der Waals surface area contributed by atoms with Crippen molar-refractivity contribution >= 4 is 40.0 Å². The summed E-state index contributed by atoms with van der Waals surface area (Å²) in [5.41, 5.74) is 1.82. The number of benzene rings is 2. The smallest absolute Gasteiger partial charge is 0.278 e. The van der Waals surface area contributed by atoms with E-state index in [1.54, 1.807) is 6.07 Å². The number of aromatic nitrogens is 2. The molecule has 1 amide bonds. The fraction of sp³-hybridized carbons (Fsp3) is 0.211. The van der Waals surface area contributed by atoms with Crippen LogP contribution in [0.4, 0.5) is 15.9 Å². The maximum Gasteiger partial charge on any atom is 0.278 e. The molecule has 3 aromatic rings. The van der Waals surface area contributed by atoms with Crippen LogP contribution in [0.1, 0.15) is 10.5 Å². The zero-order chi connectivity index (χ0) is 18.8. The van der Waals surface area contributed by atoms with Crippen LogP contribution in [0, 0.1) is 5.82 Å². The Labute approximate surface area is 159 Å². The predicted molar refractivity (Wildman–Crippen MR) is 102 cm³/mol. The molecule has 138 valence electrons. The Bertz CT molecular complexity index is 1010. The zero-order valence-electron chi connectivity index (χ0n) is 14.3. The minimum absolute atomic E-state index is 0.116. The summed E-state index contributed by atoms with van der Waals surface area (Å²) in [6, 6.07) is 11.2. The SMILES string of the molecule is O=C(Nc1ccc(F)cc1Cl)c1nc2ccccc2nc1N1CCOCC1. The lowest BCUT2D eigenvalue weighted by Gasteiger charge is -2.29. The first-order chi connectivity index (χ1) is 13.1. The van der Waals surface area contributed by atoms with Crippen LogP contribution in [0.25, 0.3) is 11.0 Å². The van der Waals surface area contributed by atoms with Crippen LogP contribution in [-0.4, -0.2) is 42.2 Å². The first-order valence-electron chi connectivity index (χ1n) is 8.48. The van der Waals surface area contributed by atoms with Crippen LogP contribution < -0.4 is 10.2 Å². The number of hydrogen-bond donors (Lipinski definition) is 1. The number of ether oxygens (including phenoxy) is 1. The van der Waals surface area contributed by atoms with Gasteiger partial charge in [0.15, 0.2) is 11.5 Å². The monoisotopic (exact) mass is 386 g/mol. The zero-order valence-corrected chi connectivity index (χ0v) is 15.0. The Morgan fingerprint density at radius 2 is 1.81 bits per heavy atom. The average Bonchev–Trinajstić information content (AvgIpc) is 2.69. The molecule has 27 heavy (non-hydrogen) atoms. The summed E-state index contributed by atoms with van der Waals surface area (Å²) in [5, 5.41) is 2.82. The first-order valence-corrected chi connectivity index (χ1v) is 8.85. The summed E-state index contributed by atoms with van der Waals surface area (Å²) in [4.78, 5) is 24.1. The third-order valence-electron chi connectivity index (χ3n) is 4.26. The number of hydrogen-bond acceptors (Lipinski definition) is 5. The molecule has 1 N–H and O–H groups in total. The molecule has 4 rings (SSSR count). The van der Waals surface area contributed by atoms with E-state index in [1.807, 2.05) is 23.1 Å². The van der Waals surface area contributed by atoms with E-state index in [4.69, 9.17) is 16.3 Å². The van der Waals surface area contributed by atoms with Crippen molar-refractivity contribution in [2.24, 2.45) is 0 Å². The molecule has 0 saturated carbocycles. The summed E-state index contributed by atoms with van der Waals surface area (Å²) in [6.07, 6.45) is 0. The van der Waals surface area contributed by atoms with Crippen LogP contribution in [0.3, 0.4) is 0 Å². The molecule has 0 radical (unpaired) electrons. The van der Waals surface area contributed by atoms with Crippen molar-refractivity contribution in [3.8, 4) is 0 Å². The van der Waals surface area contributed by atoms with Crippen LogP contribution in [-0.2, 0) is 4.74 Å². The number of fused-ring (bicyclic) bond motifs is 1. The topological polar surface area (TPSA) is 67.4 Å². The Balaban J connectivity index is 1.74. The second-order valence-corrected chi connectivity index (χ2v) is 6.47. The predicted octanol–water partition coefficient (Wildman–Crippen LogP) is 3.51. The summed E-state index contributed by atoms with van der Waals surface area (Å²) >= 11 is 6.03. The molecule has 0 aliphatic carbocycles. The highest BCUT2D eigenvalue weighted by atomic mass is 35.5. The van der Waals surface area contributed by atoms with Gasteiger partial charge in [0.1, 0.15) is 5.82 Å². The van der Waals surface area contributed by atoms with Crippen molar-refractivity contribution in [2.45, 2.75) is 0 Å². The Morgan fingerprint density at radius 3 is 2.52 bits per heavy atom. The van der Waals surface area contributed by atoms with Crippen LogP contribution in [0.15, 0.2) is 42.5 Å². The van der Waals surface area contributed by atoms with E-state index >= 15 is 0 Å². The number of amides is 1. The molecule has 0 spiro atoms. The molecule has 6 nitrogen and oxygen atoms in total. The van der Waals surface area contributed by atoms with Crippen molar-refractivity contribution < 1.29 is 13.9 Å². The van der Waals surface area contributed by atoms with Crippen LogP contribution >= 0.6 is 11.6 Å². The molecule has 0 atom stereocenters. The molecule has 1 aromatic heterocycles. The Morgan fingerprint density at radius 1 is 1.11 bits per heavy atom. The number of nitrogens with zero attached hydrogens (tertiary/aromatic N) is 3. The lowest BCUT2D eigenvalue weighted by atomic mass is 10.2. The van der Waals surface area contributed by atoms with E-state index in [0.717, 1.165) is 6.07 Å². The van der Waals surface area contributed by atoms with Crippen molar-refractivity contribution in [1.82, 2.24) is 9.97 Å². The average molecular weight is 387 g/mol. The normalized spacial score (nSPS) is 14.4. The molecule has 1 aliphatic heterocycles. The summed E-state index contributed by atoms with van der Waals surface area (Å²) in [6.45, 7) is 2.34. The number of morpholine rings is 1. The van der Waals surface area contributed by atoms with E-state index in [0.29, 0.717) is 48.8 Å². The van der Waals surface area contributed by atoms with Gasteiger partial charge in [-0.2, -0.15) is 0 Å². The van der Waals surface area contributed by atoms with Gasteiger partial charge in [-0.1, -0.05) is 23.7 Å². The quantitative estimate of drug-likeness (QED) is 0.746. The molecule has 2 aromatic carbocycles. The number of carbonyl (C=O) groups is 1. The lowest BCUT2D eigenvalue weighted by molar-refractivity contribution is 0.102. The van der Waals surface area contributed by atoms with Gasteiger partial charge in [-0.25, -0.2) is 14.4 Å². The highest BCUT2D eigenvalue weighted by Crippen LogP contribution is 2.26. The standard InChI is InChI=1S/C19H16ClFN4O2/c20-13-11-12(21)5-6-14(13)24-19(26)17-18(25-7-9-27-10-8-25)23-16-4-2-1-3-15(16)22-17/h1-6,11H,7-10H2,(H,24,26). The second kappa shape index (κ2) is 7.46. The fourth-order valence-electron chi connectivity index (χ4n) is 2.91. The van der Waals surface area contributed by atoms with Gasteiger partial charge in [0.2, 0.25) is 0 Å². The molecular weight excluding hydrogens is 371 g/mol. The number of carbonyl (C=O) groups excluding carboxylic acids is 1. The molecule has 1 fully saturated rings. The fourth-order valence-corrected chi connectivity index (χ4v) is 3.13. The molecule has 0 unspecified atom stereocenters. The van der Waals surface area contributed by atoms with Gasteiger partial charge in [-0.3, -0.25) is 4.79 Å². The molecule has 8 heteroatoms. The van der Waals surface area contributed by atoms with Gasteiger partial charge in [-0.15, -0.1) is 0 Å². The molecule has 1 aliphatic rings. The van der Waals surface area contributed by atoms with Gasteiger partial charge in [-0.05, 0) is 30.3 Å². The number of nitrogens with one attached hydrogen (secondary N) is 1. The van der Waals surface area contributed by atoms with Crippen molar-refractivity contribution in [2.75, 3.05) is 36.5 Å². The first kappa shape index (κ1) is 17.6. The van der Waals surface area contributed by atoms with Gasteiger partial charge in [0.05, 0.1) is 35.0 Å². The maximum atomic E-state index is 13.3. The third kappa shape index (κ3) is 3.70. The van der Waals surface area contributed by atoms with Gasteiger partial charge < -0.3 is 15.0 Å². The van der Waals surface area contributed by atoms with Gasteiger partial charge in [0.25, 0.3) is 5.91 Å². The molecule has 0 bridgehead atoms. The van der Waals surface area contributed by atoms with Crippen LogP contribution in [0.5, 0.6) is 0 Å². The van der Waals surface area contributed by atoms with E-state index < -0.39 is 11.7 Å². The van der Waals surface area contributed by atoms with E-state index in [-0.39, 0.29) is 10.7 Å². The van der Waals surface area contributed by atoms with E-state index in [9.17, 15) is 9.18 Å². The Hall–Kier alpha value is -2.77. The summed E-state index contributed by atoms with van der Waals surface area (Å²) < 4.78 is 18.6. The van der Waals surface area contributed by atoms with E-state index in [1.165, 1.54) is 12.1 Å². The van der Waals surface area contributed by atoms with E-state index in [2.05, 4.69) is 15.3 Å². The summed E-state index contributed by atoms with van der Waals surface area (Å²) in [5.74, 6) is -0.437.